The summed E-state index contributed by atoms with van der Waals surface area (Å²) in [7, 11) is 0. The molecule has 0 unspecified atom stereocenters. The van der Waals surface area contributed by atoms with Crippen molar-refractivity contribution in [3.8, 4) is 5.75 Å². The lowest BCUT2D eigenvalue weighted by Crippen LogP contribution is -2.10. The SMILES string of the molecule is Cc1cccc(OCCCNc2ccccc2C(=O)O)c1. The van der Waals surface area contributed by atoms with E-state index in [0.717, 1.165) is 12.2 Å². The largest absolute Gasteiger partial charge is 0.494 e. The number of hydrogen-bond donors (Lipinski definition) is 2. The van der Waals surface area contributed by atoms with Crippen molar-refractivity contribution in [3.05, 3.63) is 59.7 Å². The fourth-order valence-corrected chi connectivity index (χ4v) is 2.01. The molecule has 2 aromatic carbocycles. The molecule has 2 N–H and O–H groups in total. The molecular weight excluding hydrogens is 266 g/mol. The Morgan fingerprint density at radius 3 is 2.76 bits per heavy atom. The third-order valence-corrected chi connectivity index (χ3v) is 3.05. The molecule has 4 heteroatoms. The Hall–Kier alpha value is -2.49. The topological polar surface area (TPSA) is 58.6 Å². The van der Waals surface area contributed by atoms with Gasteiger partial charge in [-0.1, -0.05) is 24.3 Å². The first-order valence-corrected chi connectivity index (χ1v) is 6.92. The van der Waals surface area contributed by atoms with E-state index in [1.165, 1.54) is 5.56 Å². The Morgan fingerprint density at radius 2 is 2.00 bits per heavy atom. The zero-order chi connectivity index (χ0) is 15.1. The molecule has 2 rings (SSSR count). The maximum absolute atomic E-state index is 11.1. The van der Waals surface area contributed by atoms with Crippen LogP contribution in [0.3, 0.4) is 0 Å². The van der Waals surface area contributed by atoms with E-state index in [4.69, 9.17) is 9.84 Å². The Labute approximate surface area is 124 Å². The monoisotopic (exact) mass is 285 g/mol. The quantitative estimate of drug-likeness (QED) is 0.763. The van der Waals surface area contributed by atoms with Gasteiger partial charge in [0.15, 0.2) is 0 Å². The predicted molar refractivity (Wildman–Crippen MR) is 83.2 cm³/mol. The van der Waals surface area contributed by atoms with Gasteiger partial charge in [-0.3, -0.25) is 0 Å². The number of hydrogen-bond acceptors (Lipinski definition) is 3. The summed E-state index contributed by atoms with van der Waals surface area (Å²) in [6, 6.07) is 14.8. The van der Waals surface area contributed by atoms with E-state index < -0.39 is 5.97 Å². The van der Waals surface area contributed by atoms with Gasteiger partial charge >= 0.3 is 5.97 Å². The number of ether oxygens (including phenoxy) is 1. The minimum absolute atomic E-state index is 0.289. The molecule has 4 nitrogen and oxygen atoms in total. The summed E-state index contributed by atoms with van der Waals surface area (Å²) in [6.07, 6.45) is 0.794. The van der Waals surface area contributed by atoms with Crippen molar-refractivity contribution in [1.29, 1.82) is 0 Å². The second-order valence-electron chi connectivity index (χ2n) is 4.80. The van der Waals surface area contributed by atoms with Gasteiger partial charge in [-0.25, -0.2) is 4.79 Å². The van der Waals surface area contributed by atoms with Gasteiger partial charge in [-0.2, -0.15) is 0 Å². The van der Waals surface area contributed by atoms with Crippen molar-refractivity contribution in [2.75, 3.05) is 18.5 Å². The summed E-state index contributed by atoms with van der Waals surface area (Å²) >= 11 is 0. The highest BCUT2D eigenvalue weighted by Crippen LogP contribution is 2.15. The maximum atomic E-state index is 11.1. The zero-order valence-corrected chi connectivity index (χ0v) is 12.0. The second-order valence-corrected chi connectivity index (χ2v) is 4.80. The van der Waals surface area contributed by atoms with Crippen LogP contribution in [0.25, 0.3) is 0 Å². The van der Waals surface area contributed by atoms with E-state index >= 15 is 0 Å². The summed E-state index contributed by atoms with van der Waals surface area (Å²) in [5.41, 5.74) is 2.10. The van der Waals surface area contributed by atoms with Crippen molar-refractivity contribution in [2.24, 2.45) is 0 Å². The third kappa shape index (κ3) is 4.53. The number of carbonyl (C=O) groups is 1. The van der Waals surface area contributed by atoms with Gasteiger partial charge < -0.3 is 15.2 Å². The summed E-state index contributed by atoms with van der Waals surface area (Å²) in [5.74, 6) is -0.0601. The number of nitrogens with one attached hydrogen (secondary N) is 1. The van der Waals surface area contributed by atoms with Gasteiger partial charge in [0.25, 0.3) is 0 Å². The van der Waals surface area contributed by atoms with Crippen LogP contribution in [0.5, 0.6) is 5.75 Å². The van der Waals surface area contributed by atoms with Gasteiger partial charge in [0.05, 0.1) is 12.2 Å². The molecule has 0 aromatic heterocycles. The molecule has 0 bridgehead atoms. The van der Waals surface area contributed by atoms with Crippen LogP contribution in [0.1, 0.15) is 22.3 Å². The number of rotatable bonds is 7. The summed E-state index contributed by atoms with van der Waals surface area (Å²) < 4.78 is 5.65. The van der Waals surface area contributed by atoms with Crippen molar-refractivity contribution in [2.45, 2.75) is 13.3 Å². The van der Waals surface area contributed by atoms with E-state index in [0.29, 0.717) is 18.8 Å². The van der Waals surface area contributed by atoms with E-state index in [2.05, 4.69) is 5.32 Å². The maximum Gasteiger partial charge on any atom is 0.337 e. The lowest BCUT2D eigenvalue weighted by molar-refractivity contribution is 0.0698. The fraction of sp³-hybridized carbons (Fsp3) is 0.235. The van der Waals surface area contributed by atoms with Crippen LogP contribution >= 0.6 is 0 Å². The van der Waals surface area contributed by atoms with E-state index in [-0.39, 0.29) is 5.56 Å². The first-order chi connectivity index (χ1) is 10.2. The number of carboxylic acid groups (broad SMARTS) is 1. The molecule has 0 atom stereocenters. The normalized spacial score (nSPS) is 10.1. The molecule has 0 saturated heterocycles. The molecule has 0 aliphatic heterocycles. The predicted octanol–water partition coefficient (Wildman–Crippen LogP) is 3.57. The van der Waals surface area contributed by atoms with Crippen LogP contribution in [0.4, 0.5) is 5.69 Å². The number of benzene rings is 2. The molecule has 2 aromatic rings. The molecule has 0 amide bonds. The van der Waals surface area contributed by atoms with Gasteiger partial charge in [-0.15, -0.1) is 0 Å². The molecule has 0 saturated carbocycles. The van der Waals surface area contributed by atoms with Crippen LogP contribution in [0.2, 0.25) is 0 Å². The molecule has 0 heterocycles. The van der Waals surface area contributed by atoms with Crippen LogP contribution in [0.15, 0.2) is 48.5 Å². The van der Waals surface area contributed by atoms with Crippen LogP contribution in [0, 0.1) is 6.92 Å². The Morgan fingerprint density at radius 1 is 1.19 bits per heavy atom. The minimum Gasteiger partial charge on any atom is -0.494 e. The van der Waals surface area contributed by atoms with Crippen molar-refractivity contribution < 1.29 is 14.6 Å². The highest BCUT2D eigenvalue weighted by Gasteiger charge is 2.07. The van der Waals surface area contributed by atoms with Crippen molar-refractivity contribution in [3.63, 3.8) is 0 Å². The average Bonchev–Trinajstić information content (AvgIpc) is 2.47. The third-order valence-electron chi connectivity index (χ3n) is 3.05. The molecule has 21 heavy (non-hydrogen) atoms. The highest BCUT2D eigenvalue weighted by atomic mass is 16.5. The minimum atomic E-state index is -0.922. The van der Waals surface area contributed by atoms with Crippen LogP contribution < -0.4 is 10.1 Å². The second kappa shape index (κ2) is 7.33. The Bertz CT molecular complexity index is 610. The number of aryl methyl sites for hydroxylation is 1. The number of anilines is 1. The Balaban J connectivity index is 1.76. The molecule has 0 aliphatic carbocycles. The highest BCUT2D eigenvalue weighted by molar-refractivity contribution is 5.94. The standard InChI is InChI=1S/C17H19NO3/c1-13-6-4-7-14(12-13)21-11-5-10-18-16-9-3-2-8-15(16)17(19)20/h2-4,6-9,12,18H,5,10-11H2,1H3,(H,19,20). The lowest BCUT2D eigenvalue weighted by atomic mass is 10.2. The first kappa shape index (κ1) is 14.9. The first-order valence-electron chi connectivity index (χ1n) is 6.92. The molecule has 110 valence electrons. The van der Waals surface area contributed by atoms with E-state index in [1.807, 2.05) is 37.3 Å². The number of aromatic carboxylic acids is 1. The van der Waals surface area contributed by atoms with Crippen LogP contribution in [-0.2, 0) is 0 Å². The number of para-hydroxylation sites is 1. The van der Waals surface area contributed by atoms with Gasteiger partial charge in [0.2, 0.25) is 0 Å². The fourth-order valence-electron chi connectivity index (χ4n) is 2.01. The smallest absolute Gasteiger partial charge is 0.337 e. The molecular formula is C17H19NO3. The zero-order valence-electron chi connectivity index (χ0n) is 12.0. The van der Waals surface area contributed by atoms with Crippen molar-refractivity contribution in [1.82, 2.24) is 0 Å². The lowest BCUT2D eigenvalue weighted by Gasteiger charge is -2.10. The van der Waals surface area contributed by atoms with Gasteiger partial charge in [0, 0.05) is 12.2 Å². The van der Waals surface area contributed by atoms with Crippen molar-refractivity contribution >= 4 is 11.7 Å². The van der Waals surface area contributed by atoms with E-state index in [1.54, 1.807) is 18.2 Å². The van der Waals surface area contributed by atoms with Crippen LogP contribution in [-0.4, -0.2) is 24.2 Å². The molecule has 0 spiro atoms. The molecule has 0 fully saturated rings. The Kier molecular flexibility index (Phi) is 5.21. The van der Waals surface area contributed by atoms with E-state index in [9.17, 15) is 4.79 Å². The molecule has 0 radical (unpaired) electrons. The number of carboxylic acids is 1. The summed E-state index contributed by atoms with van der Waals surface area (Å²) in [4.78, 5) is 11.1. The van der Waals surface area contributed by atoms with Gasteiger partial charge in [-0.05, 0) is 43.2 Å². The van der Waals surface area contributed by atoms with Gasteiger partial charge in [0.1, 0.15) is 5.75 Å². The molecule has 0 aliphatic rings. The average molecular weight is 285 g/mol. The summed E-state index contributed by atoms with van der Waals surface area (Å²) in [5, 5.41) is 12.2. The summed E-state index contributed by atoms with van der Waals surface area (Å²) in [6.45, 7) is 3.28.